The van der Waals surface area contributed by atoms with Crippen molar-refractivity contribution in [3.8, 4) is 5.75 Å². The molecule has 1 aromatic rings. The Morgan fingerprint density at radius 1 is 1.32 bits per heavy atom. The van der Waals surface area contributed by atoms with E-state index in [2.05, 4.69) is 10.2 Å². The Balaban J connectivity index is 2.33. The minimum atomic E-state index is -0.166. The third-order valence-corrected chi connectivity index (χ3v) is 2.59. The zero-order valence-electron chi connectivity index (χ0n) is 12.7. The van der Waals surface area contributed by atoms with Crippen molar-refractivity contribution < 1.29 is 14.3 Å². The molecule has 1 rings (SSSR count). The fraction of sp³-hybridized carbons (Fsp3) is 0.400. The molecule has 0 amide bonds. The van der Waals surface area contributed by atoms with Gasteiger partial charge in [0.1, 0.15) is 5.75 Å². The summed E-state index contributed by atoms with van der Waals surface area (Å²) in [5.41, 5.74) is 11.2. The molecule has 0 unspecified atom stereocenters. The fourth-order valence-electron chi connectivity index (χ4n) is 1.64. The summed E-state index contributed by atoms with van der Waals surface area (Å²) in [7, 11) is 0. The van der Waals surface area contributed by atoms with Crippen LogP contribution in [0.3, 0.4) is 0 Å². The summed E-state index contributed by atoms with van der Waals surface area (Å²) in [6.45, 7) is 2.75. The maximum absolute atomic E-state index is 11.2. The van der Waals surface area contributed by atoms with Gasteiger partial charge in [0.25, 0.3) is 0 Å². The molecule has 0 aliphatic carbocycles. The van der Waals surface area contributed by atoms with Crippen molar-refractivity contribution in [2.24, 2.45) is 21.7 Å². The molecule has 0 aliphatic rings. The van der Waals surface area contributed by atoms with Crippen molar-refractivity contribution in [2.75, 3.05) is 13.2 Å². The Morgan fingerprint density at radius 3 is 2.86 bits per heavy atom. The Morgan fingerprint density at radius 2 is 2.14 bits per heavy atom. The maximum Gasteiger partial charge on any atom is 0.305 e. The van der Waals surface area contributed by atoms with Crippen LogP contribution in [0.5, 0.6) is 5.75 Å². The number of unbranched alkanes of at least 4 members (excludes halogenated alkanes) is 1. The van der Waals surface area contributed by atoms with Crippen LogP contribution < -0.4 is 16.2 Å². The summed E-state index contributed by atoms with van der Waals surface area (Å²) in [4.78, 5) is 11.2. The predicted octanol–water partition coefficient (Wildman–Crippen LogP) is 1.41. The SMILES string of the molecule is CCOC(=O)CCCCOc1cccc(C=NN=C(N)N)c1. The van der Waals surface area contributed by atoms with Gasteiger partial charge in [0.05, 0.1) is 19.4 Å². The molecule has 0 radical (unpaired) electrons. The van der Waals surface area contributed by atoms with Gasteiger partial charge < -0.3 is 20.9 Å². The number of ether oxygens (including phenoxy) is 2. The number of nitrogens with two attached hydrogens (primary N) is 2. The van der Waals surface area contributed by atoms with Gasteiger partial charge in [-0.1, -0.05) is 12.1 Å². The molecule has 0 saturated carbocycles. The number of rotatable bonds is 9. The van der Waals surface area contributed by atoms with Crippen molar-refractivity contribution in [3.05, 3.63) is 29.8 Å². The molecular weight excluding hydrogens is 284 g/mol. The van der Waals surface area contributed by atoms with E-state index in [0.29, 0.717) is 19.6 Å². The molecule has 0 spiro atoms. The summed E-state index contributed by atoms with van der Waals surface area (Å²) in [5, 5.41) is 7.26. The van der Waals surface area contributed by atoms with Crippen molar-refractivity contribution >= 4 is 18.1 Å². The van der Waals surface area contributed by atoms with Gasteiger partial charge in [-0.25, -0.2) is 0 Å². The molecule has 0 saturated heterocycles. The van der Waals surface area contributed by atoms with Crippen LogP contribution in [0.15, 0.2) is 34.5 Å². The van der Waals surface area contributed by atoms with Crippen LogP contribution in [-0.2, 0) is 9.53 Å². The van der Waals surface area contributed by atoms with Gasteiger partial charge in [-0.3, -0.25) is 4.79 Å². The van der Waals surface area contributed by atoms with Gasteiger partial charge in [0.15, 0.2) is 0 Å². The zero-order valence-corrected chi connectivity index (χ0v) is 12.7. The zero-order chi connectivity index (χ0) is 16.2. The number of guanidine groups is 1. The van der Waals surface area contributed by atoms with E-state index >= 15 is 0 Å². The van der Waals surface area contributed by atoms with E-state index in [1.807, 2.05) is 24.3 Å². The molecular formula is C15H22N4O3. The highest BCUT2D eigenvalue weighted by molar-refractivity contribution is 5.82. The lowest BCUT2D eigenvalue weighted by atomic mass is 10.2. The Kier molecular flexibility index (Phi) is 8.10. The molecule has 0 fully saturated rings. The van der Waals surface area contributed by atoms with Gasteiger partial charge in [-0.15, -0.1) is 5.10 Å². The van der Waals surface area contributed by atoms with Crippen LogP contribution in [0.2, 0.25) is 0 Å². The molecule has 7 nitrogen and oxygen atoms in total. The fourth-order valence-corrected chi connectivity index (χ4v) is 1.64. The normalized spacial score (nSPS) is 10.4. The van der Waals surface area contributed by atoms with Gasteiger partial charge in [-0.2, -0.15) is 5.10 Å². The highest BCUT2D eigenvalue weighted by Crippen LogP contribution is 2.13. The van der Waals surface area contributed by atoms with Crippen LogP contribution in [0.25, 0.3) is 0 Å². The smallest absolute Gasteiger partial charge is 0.305 e. The highest BCUT2D eigenvalue weighted by Gasteiger charge is 2.01. The highest BCUT2D eigenvalue weighted by atomic mass is 16.5. The third-order valence-electron chi connectivity index (χ3n) is 2.59. The largest absolute Gasteiger partial charge is 0.494 e. The maximum atomic E-state index is 11.2. The molecule has 0 bridgehead atoms. The van der Waals surface area contributed by atoms with Gasteiger partial charge in [0.2, 0.25) is 5.96 Å². The summed E-state index contributed by atoms with van der Waals surface area (Å²) < 4.78 is 10.5. The third kappa shape index (κ3) is 7.88. The number of hydrogen-bond acceptors (Lipinski definition) is 5. The number of hydrogen-bond donors (Lipinski definition) is 2. The van der Waals surface area contributed by atoms with Crippen LogP contribution in [-0.4, -0.2) is 31.4 Å². The first-order valence-corrected chi connectivity index (χ1v) is 7.12. The Labute approximate surface area is 130 Å². The van der Waals surface area contributed by atoms with Crippen molar-refractivity contribution in [2.45, 2.75) is 26.2 Å². The molecule has 22 heavy (non-hydrogen) atoms. The van der Waals surface area contributed by atoms with E-state index in [-0.39, 0.29) is 11.9 Å². The summed E-state index contributed by atoms with van der Waals surface area (Å²) in [6.07, 6.45) is 3.48. The number of esters is 1. The lowest BCUT2D eigenvalue weighted by molar-refractivity contribution is -0.143. The van der Waals surface area contributed by atoms with Gasteiger partial charge >= 0.3 is 5.97 Å². The molecule has 7 heteroatoms. The summed E-state index contributed by atoms with van der Waals surface area (Å²) >= 11 is 0. The van der Waals surface area contributed by atoms with Crippen molar-refractivity contribution in [1.29, 1.82) is 0 Å². The lowest BCUT2D eigenvalue weighted by Crippen LogP contribution is -2.21. The second-order valence-electron chi connectivity index (χ2n) is 4.45. The first-order valence-electron chi connectivity index (χ1n) is 7.12. The van der Waals surface area contributed by atoms with E-state index in [1.165, 1.54) is 6.21 Å². The number of nitrogens with zero attached hydrogens (tertiary/aromatic N) is 2. The number of carbonyl (C=O) groups is 1. The molecule has 4 N–H and O–H groups in total. The average molecular weight is 306 g/mol. The molecule has 120 valence electrons. The van der Waals surface area contributed by atoms with E-state index < -0.39 is 0 Å². The summed E-state index contributed by atoms with van der Waals surface area (Å²) in [6, 6.07) is 7.39. The van der Waals surface area contributed by atoms with Gasteiger partial charge in [-0.05, 0) is 37.5 Å². The molecule has 0 atom stereocenters. The van der Waals surface area contributed by atoms with Gasteiger partial charge in [0, 0.05) is 6.42 Å². The Bertz CT molecular complexity index is 525. The number of benzene rings is 1. The van der Waals surface area contributed by atoms with Crippen LogP contribution in [0.4, 0.5) is 0 Å². The second-order valence-corrected chi connectivity index (χ2v) is 4.45. The molecule has 1 aromatic carbocycles. The van der Waals surface area contributed by atoms with Crippen LogP contribution in [0.1, 0.15) is 31.7 Å². The standard InChI is InChI=1S/C15H22N4O3/c1-2-21-14(20)8-3-4-9-22-13-7-5-6-12(10-13)11-18-19-15(16)17/h5-7,10-11H,2-4,8-9H2,1H3,(H4,16,17,19). The molecule has 0 aromatic heterocycles. The van der Waals surface area contributed by atoms with Crippen LogP contribution in [0, 0.1) is 0 Å². The van der Waals surface area contributed by atoms with E-state index in [0.717, 1.165) is 24.2 Å². The second kappa shape index (κ2) is 10.2. The van der Waals surface area contributed by atoms with E-state index in [1.54, 1.807) is 6.92 Å². The first-order chi connectivity index (χ1) is 10.6. The topological polar surface area (TPSA) is 112 Å². The average Bonchev–Trinajstić information content (AvgIpc) is 2.47. The minimum absolute atomic E-state index is 0.0924. The van der Waals surface area contributed by atoms with E-state index in [9.17, 15) is 4.79 Å². The monoisotopic (exact) mass is 306 g/mol. The minimum Gasteiger partial charge on any atom is -0.494 e. The number of carbonyl (C=O) groups excluding carboxylic acids is 1. The first kappa shape index (κ1) is 17.5. The predicted molar refractivity (Wildman–Crippen MR) is 85.8 cm³/mol. The molecule has 0 aliphatic heterocycles. The molecule has 0 heterocycles. The van der Waals surface area contributed by atoms with E-state index in [4.69, 9.17) is 20.9 Å². The quantitative estimate of drug-likeness (QED) is 0.235. The Hall–Kier alpha value is -2.57. The summed E-state index contributed by atoms with van der Waals surface area (Å²) in [5.74, 6) is 0.468. The van der Waals surface area contributed by atoms with Crippen molar-refractivity contribution in [1.82, 2.24) is 0 Å². The van der Waals surface area contributed by atoms with Crippen molar-refractivity contribution in [3.63, 3.8) is 0 Å². The lowest BCUT2D eigenvalue weighted by Gasteiger charge is -2.06. The van der Waals surface area contributed by atoms with Crippen LogP contribution >= 0.6 is 0 Å².